The van der Waals surface area contributed by atoms with Crippen LogP contribution in [0, 0.1) is 0 Å². The fourth-order valence-corrected chi connectivity index (χ4v) is 3.47. The van der Waals surface area contributed by atoms with Gasteiger partial charge in [-0.05, 0) is 34.7 Å². The highest BCUT2D eigenvalue weighted by atomic mass is 28.2. The molecule has 0 spiro atoms. The summed E-state index contributed by atoms with van der Waals surface area (Å²) in [6.07, 6.45) is 2.25. The Bertz CT molecular complexity index is 484. The van der Waals surface area contributed by atoms with Crippen molar-refractivity contribution in [1.29, 1.82) is 0 Å². The van der Waals surface area contributed by atoms with Gasteiger partial charge in [0.05, 0.1) is 0 Å². The van der Waals surface area contributed by atoms with Crippen LogP contribution in [-0.4, -0.2) is 16.4 Å². The summed E-state index contributed by atoms with van der Waals surface area (Å²) in [6, 6.07) is 17.1. The zero-order valence-corrected chi connectivity index (χ0v) is 13.3. The van der Waals surface area contributed by atoms with E-state index in [0.717, 1.165) is 19.4 Å². The van der Waals surface area contributed by atoms with Gasteiger partial charge in [0.25, 0.3) is 0 Å². The van der Waals surface area contributed by atoms with E-state index in [0.29, 0.717) is 0 Å². The number of benzene rings is 2. The highest BCUT2D eigenvalue weighted by Gasteiger charge is 2.04. The van der Waals surface area contributed by atoms with Gasteiger partial charge in [-0.2, -0.15) is 0 Å². The molecule has 0 bridgehead atoms. The molecule has 1 aromatic carbocycles. The van der Waals surface area contributed by atoms with Gasteiger partial charge in [0.15, 0.2) is 9.76 Å². The number of hydrogen-bond donors (Lipinski definition) is 0. The summed E-state index contributed by atoms with van der Waals surface area (Å²) in [5, 5.41) is 1.47. The second kappa shape index (κ2) is 7.27. The maximum Gasteiger partial charge on any atom is 0.192 e. The molecule has 0 saturated heterocycles. The van der Waals surface area contributed by atoms with Crippen LogP contribution < -0.4 is 5.19 Å². The van der Waals surface area contributed by atoms with Crippen molar-refractivity contribution in [2.45, 2.75) is 26.7 Å². The van der Waals surface area contributed by atoms with Crippen molar-refractivity contribution >= 4 is 14.9 Å². The van der Waals surface area contributed by atoms with Crippen LogP contribution in [0.5, 0.6) is 0 Å². The molecule has 0 saturated carbocycles. The van der Waals surface area contributed by atoms with E-state index in [2.05, 4.69) is 62.4 Å². The first-order valence-corrected chi connectivity index (χ1v) is 8.38. The average Bonchev–Trinajstić information content (AvgIpc) is 2.44. The monoisotopic (exact) mass is 270 g/mol. The summed E-state index contributed by atoms with van der Waals surface area (Å²) in [5.41, 5.74) is 4.32. The van der Waals surface area contributed by atoms with Crippen LogP contribution in [0.1, 0.15) is 25.8 Å². The van der Waals surface area contributed by atoms with Crippen LogP contribution >= 0.6 is 0 Å². The lowest BCUT2D eigenvalue weighted by Gasteiger charge is -2.10. The van der Waals surface area contributed by atoms with E-state index < -0.39 is 9.76 Å². The van der Waals surface area contributed by atoms with Crippen molar-refractivity contribution in [1.82, 2.24) is 0 Å². The van der Waals surface area contributed by atoms with Crippen molar-refractivity contribution in [2.75, 3.05) is 6.61 Å². The highest BCUT2D eigenvalue weighted by molar-refractivity contribution is 6.47. The minimum Gasteiger partial charge on any atom is -0.419 e. The predicted octanol–water partition coefficient (Wildman–Crippen LogP) is 3.05. The largest absolute Gasteiger partial charge is 0.419 e. The number of fused-ring (bicyclic) bond motifs is 1. The van der Waals surface area contributed by atoms with E-state index in [4.69, 9.17) is 4.43 Å². The smallest absolute Gasteiger partial charge is 0.192 e. The van der Waals surface area contributed by atoms with Crippen LogP contribution in [0.25, 0.3) is 11.1 Å². The Morgan fingerprint density at radius 1 is 0.895 bits per heavy atom. The maximum atomic E-state index is 5.65. The molecular formula is C17H22OSi. The maximum absolute atomic E-state index is 5.65. The Hall–Kier alpha value is -1.38. The lowest BCUT2D eigenvalue weighted by molar-refractivity contribution is 0.341. The van der Waals surface area contributed by atoms with E-state index >= 15 is 0 Å². The van der Waals surface area contributed by atoms with Crippen molar-refractivity contribution in [2.24, 2.45) is 0 Å². The molecule has 0 N–H and O–H groups in total. The summed E-state index contributed by atoms with van der Waals surface area (Å²) in [7, 11) is -0.462. The third-order valence-electron chi connectivity index (χ3n) is 3.32. The fourth-order valence-electron chi connectivity index (χ4n) is 2.03. The average molecular weight is 270 g/mol. The van der Waals surface area contributed by atoms with Gasteiger partial charge in [0.2, 0.25) is 0 Å². The first kappa shape index (κ1) is 14.0. The summed E-state index contributed by atoms with van der Waals surface area (Å²) in [6.45, 7) is 5.28. The summed E-state index contributed by atoms with van der Waals surface area (Å²) < 4.78 is 5.65. The van der Waals surface area contributed by atoms with Crippen LogP contribution in [0.2, 0.25) is 0 Å². The van der Waals surface area contributed by atoms with Gasteiger partial charge in [0.1, 0.15) is 0 Å². The lowest BCUT2D eigenvalue weighted by Crippen LogP contribution is -2.21. The third-order valence-corrected chi connectivity index (χ3v) is 4.82. The van der Waals surface area contributed by atoms with Gasteiger partial charge in [-0.1, -0.05) is 62.4 Å². The SMILES string of the molecule is CCCO[SiH2]c1ccccc1CC.c1cc2ccc1-2. The minimum absolute atomic E-state index is 0.462. The van der Waals surface area contributed by atoms with Crippen molar-refractivity contribution in [3.8, 4) is 11.1 Å². The Morgan fingerprint density at radius 3 is 2.00 bits per heavy atom. The second-order valence-corrected chi connectivity index (χ2v) is 6.21. The van der Waals surface area contributed by atoms with Gasteiger partial charge >= 0.3 is 0 Å². The van der Waals surface area contributed by atoms with Crippen LogP contribution in [0.4, 0.5) is 0 Å². The molecule has 100 valence electrons. The third kappa shape index (κ3) is 3.79. The Labute approximate surface area is 118 Å². The molecule has 0 unspecified atom stereocenters. The molecule has 0 heterocycles. The molecule has 2 aliphatic rings. The Balaban J connectivity index is 0.000000180. The highest BCUT2D eigenvalue weighted by Crippen LogP contribution is 2.29. The van der Waals surface area contributed by atoms with Crippen LogP contribution in [0.15, 0.2) is 48.5 Å². The molecule has 0 fully saturated rings. The lowest BCUT2D eigenvalue weighted by atomic mass is 9.95. The molecule has 0 aliphatic heterocycles. The number of rotatable bonds is 5. The summed E-state index contributed by atoms with van der Waals surface area (Å²) in [5.74, 6) is 0. The molecule has 0 radical (unpaired) electrons. The normalized spacial score (nSPS) is 11.3. The molecule has 2 heteroatoms. The summed E-state index contributed by atoms with van der Waals surface area (Å²) in [4.78, 5) is 0. The first-order valence-electron chi connectivity index (χ1n) is 7.10. The molecular weight excluding hydrogens is 248 g/mol. The van der Waals surface area contributed by atoms with Crippen molar-refractivity contribution in [3.63, 3.8) is 0 Å². The fraction of sp³-hybridized carbons (Fsp3) is 0.294. The molecule has 19 heavy (non-hydrogen) atoms. The molecule has 0 atom stereocenters. The quantitative estimate of drug-likeness (QED) is 0.511. The van der Waals surface area contributed by atoms with Gasteiger partial charge in [0, 0.05) is 6.61 Å². The van der Waals surface area contributed by atoms with Gasteiger partial charge < -0.3 is 4.43 Å². The predicted molar refractivity (Wildman–Crippen MR) is 85.7 cm³/mol. The Morgan fingerprint density at radius 2 is 1.53 bits per heavy atom. The van der Waals surface area contributed by atoms with Gasteiger partial charge in [-0.25, -0.2) is 0 Å². The van der Waals surface area contributed by atoms with Crippen molar-refractivity contribution < 1.29 is 4.43 Å². The molecule has 1 aromatic rings. The minimum atomic E-state index is -0.462. The first-order chi connectivity index (χ1) is 9.35. The Kier molecular flexibility index (Phi) is 5.37. The molecule has 0 aromatic heterocycles. The van der Waals surface area contributed by atoms with E-state index in [-0.39, 0.29) is 0 Å². The zero-order valence-electron chi connectivity index (χ0n) is 11.9. The van der Waals surface area contributed by atoms with Crippen LogP contribution in [-0.2, 0) is 10.8 Å². The molecule has 0 amide bonds. The topological polar surface area (TPSA) is 9.23 Å². The molecule has 3 rings (SSSR count). The zero-order chi connectivity index (χ0) is 13.5. The number of aryl methyl sites for hydroxylation is 1. The molecule has 1 nitrogen and oxygen atoms in total. The van der Waals surface area contributed by atoms with E-state index in [1.54, 1.807) is 0 Å². The van der Waals surface area contributed by atoms with Gasteiger partial charge in [-0.15, -0.1) is 0 Å². The van der Waals surface area contributed by atoms with Gasteiger partial charge in [-0.3, -0.25) is 0 Å². The van der Waals surface area contributed by atoms with E-state index in [1.807, 2.05) is 0 Å². The second-order valence-electron chi connectivity index (χ2n) is 4.75. The number of hydrogen-bond acceptors (Lipinski definition) is 1. The van der Waals surface area contributed by atoms with Crippen LogP contribution in [0.3, 0.4) is 0 Å². The van der Waals surface area contributed by atoms with Crippen molar-refractivity contribution in [3.05, 3.63) is 54.1 Å². The standard InChI is InChI=1S/C11H18OSi.C6H4/c1-3-9-12-13-11-8-6-5-7-10(11)4-2;1-2-6-4-3-5(1)6/h5-8H,3-4,9,13H2,1-2H3;1-4H. The van der Waals surface area contributed by atoms with E-state index in [1.165, 1.54) is 21.9 Å². The van der Waals surface area contributed by atoms with E-state index in [9.17, 15) is 0 Å². The summed E-state index contributed by atoms with van der Waals surface area (Å²) >= 11 is 0. The molecule has 2 aliphatic carbocycles.